The SMILES string of the molecule is CCCS(=O)(=O)Nc1ccc(O)c(C(N)=O)c1C. The number of nitrogens with two attached hydrogens (primary N) is 1. The van der Waals surface area contributed by atoms with E-state index in [0.717, 1.165) is 0 Å². The molecule has 18 heavy (non-hydrogen) atoms. The summed E-state index contributed by atoms with van der Waals surface area (Å²) in [4.78, 5) is 11.2. The molecule has 0 saturated carbocycles. The number of amides is 1. The van der Waals surface area contributed by atoms with Gasteiger partial charge in [-0.05, 0) is 31.0 Å². The largest absolute Gasteiger partial charge is 0.507 e. The summed E-state index contributed by atoms with van der Waals surface area (Å²) in [5.74, 6) is -1.08. The Bertz CT molecular complexity index is 567. The molecule has 0 fully saturated rings. The van der Waals surface area contributed by atoms with Gasteiger partial charge in [0.25, 0.3) is 5.91 Å². The van der Waals surface area contributed by atoms with Crippen molar-refractivity contribution in [2.75, 3.05) is 10.5 Å². The molecule has 7 heteroatoms. The minimum absolute atomic E-state index is 0.0147. The third-order valence-electron chi connectivity index (χ3n) is 2.43. The molecule has 0 spiro atoms. The van der Waals surface area contributed by atoms with Crippen LogP contribution in [0, 0.1) is 6.92 Å². The van der Waals surface area contributed by atoms with E-state index < -0.39 is 15.9 Å². The number of rotatable bonds is 5. The Hall–Kier alpha value is -1.76. The normalized spacial score (nSPS) is 11.2. The van der Waals surface area contributed by atoms with Crippen molar-refractivity contribution in [3.63, 3.8) is 0 Å². The van der Waals surface area contributed by atoms with Crippen molar-refractivity contribution < 1.29 is 18.3 Å². The van der Waals surface area contributed by atoms with Crippen molar-refractivity contribution in [2.24, 2.45) is 5.73 Å². The number of sulfonamides is 1. The summed E-state index contributed by atoms with van der Waals surface area (Å²) in [5.41, 5.74) is 5.61. The number of carbonyl (C=O) groups is 1. The number of benzene rings is 1. The number of aromatic hydroxyl groups is 1. The van der Waals surface area contributed by atoms with E-state index in [1.165, 1.54) is 19.1 Å². The first-order valence-electron chi connectivity index (χ1n) is 5.41. The second kappa shape index (κ2) is 5.26. The van der Waals surface area contributed by atoms with Gasteiger partial charge in [0.15, 0.2) is 0 Å². The van der Waals surface area contributed by atoms with E-state index in [2.05, 4.69) is 4.72 Å². The smallest absolute Gasteiger partial charge is 0.252 e. The van der Waals surface area contributed by atoms with E-state index in [4.69, 9.17) is 5.73 Å². The molecule has 0 aliphatic rings. The minimum Gasteiger partial charge on any atom is -0.507 e. The fourth-order valence-corrected chi connectivity index (χ4v) is 2.80. The van der Waals surface area contributed by atoms with Crippen LogP contribution in [0.25, 0.3) is 0 Å². The molecule has 4 N–H and O–H groups in total. The summed E-state index contributed by atoms with van der Waals surface area (Å²) in [7, 11) is -3.45. The Morgan fingerprint density at radius 3 is 2.56 bits per heavy atom. The number of anilines is 1. The zero-order valence-electron chi connectivity index (χ0n) is 10.2. The number of nitrogens with one attached hydrogen (secondary N) is 1. The third kappa shape index (κ3) is 3.13. The predicted molar refractivity (Wildman–Crippen MR) is 69.1 cm³/mol. The fourth-order valence-electron chi connectivity index (χ4n) is 1.61. The fraction of sp³-hybridized carbons (Fsp3) is 0.364. The third-order valence-corrected chi connectivity index (χ3v) is 3.90. The van der Waals surface area contributed by atoms with Crippen LogP contribution in [0.3, 0.4) is 0 Å². The molecule has 0 saturated heterocycles. The van der Waals surface area contributed by atoms with Crippen LogP contribution in [-0.4, -0.2) is 25.2 Å². The molecule has 0 radical (unpaired) electrons. The topological polar surface area (TPSA) is 109 Å². The lowest BCUT2D eigenvalue weighted by Gasteiger charge is -2.13. The first-order valence-corrected chi connectivity index (χ1v) is 7.06. The maximum atomic E-state index is 11.6. The van der Waals surface area contributed by atoms with E-state index in [-0.39, 0.29) is 22.8 Å². The summed E-state index contributed by atoms with van der Waals surface area (Å²) in [6.45, 7) is 3.27. The summed E-state index contributed by atoms with van der Waals surface area (Å²) in [6, 6.07) is 2.63. The molecule has 0 aliphatic heterocycles. The highest BCUT2D eigenvalue weighted by Gasteiger charge is 2.17. The van der Waals surface area contributed by atoms with Gasteiger partial charge < -0.3 is 10.8 Å². The number of hydrogen-bond donors (Lipinski definition) is 3. The van der Waals surface area contributed by atoms with E-state index in [9.17, 15) is 18.3 Å². The van der Waals surface area contributed by atoms with E-state index in [0.29, 0.717) is 12.0 Å². The molecule has 1 aromatic rings. The standard InChI is InChI=1S/C11H16N2O4S/c1-3-6-18(16,17)13-8-4-5-9(14)10(7(8)2)11(12)15/h4-5,13-14H,3,6H2,1-2H3,(H2,12,15). The van der Waals surface area contributed by atoms with Crippen LogP contribution in [-0.2, 0) is 10.0 Å². The lowest BCUT2D eigenvalue weighted by molar-refractivity contribution is 0.0997. The Kier molecular flexibility index (Phi) is 4.18. The van der Waals surface area contributed by atoms with Crippen molar-refractivity contribution in [1.29, 1.82) is 0 Å². The summed E-state index contributed by atoms with van der Waals surface area (Å²) in [5, 5.41) is 9.51. The van der Waals surface area contributed by atoms with Crippen LogP contribution >= 0.6 is 0 Å². The van der Waals surface area contributed by atoms with E-state index in [1.54, 1.807) is 6.92 Å². The molecular formula is C11H16N2O4S. The van der Waals surface area contributed by atoms with Gasteiger partial charge in [-0.3, -0.25) is 9.52 Å². The molecule has 0 aliphatic carbocycles. The second-order valence-electron chi connectivity index (χ2n) is 3.92. The molecule has 1 rings (SSSR count). The average molecular weight is 272 g/mol. The summed E-state index contributed by atoms with van der Waals surface area (Å²) in [6.07, 6.45) is 0.481. The van der Waals surface area contributed by atoms with Crippen molar-refractivity contribution >= 4 is 21.6 Å². The van der Waals surface area contributed by atoms with Crippen LogP contribution in [0.15, 0.2) is 12.1 Å². The van der Waals surface area contributed by atoms with Gasteiger partial charge in [-0.2, -0.15) is 0 Å². The van der Waals surface area contributed by atoms with Gasteiger partial charge in [0, 0.05) is 0 Å². The quantitative estimate of drug-likeness (QED) is 0.693. The van der Waals surface area contributed by atoms with Gasteiger partial charge in [0.2, 0.25) is 10.0 Å². The summed E-state index contributed by atoms with van der Waals surface area (Å²) < 4.78 is 25.6. The predicted octanol–water partition coefficient (Wildman–Crippen LogP) is 0.951. The van der Waals surface area contributed by atoms with Crippen LogP contribution in [0.5, 0.6) is 5.75 Å². The van der Waals surface area contributed by atoms with Gasteiger partial charge >= 0.3 is 0 Å². The highest BCUT2D eigenvalue weighted by Crippen LogP contribution is 2.27. The summed E-state index contributed by atoms with van der Waals surface area (Å²) >= 11 is 0. The molecular weight excluding hydrogens is 256 g/mol. The molecule has 0 atom stereocenters. The molecule has 6 nitrogen and oxygen atoms in total. The van der Waals surface area contributed by atoms with Gasteiger partial charge in [-0.1, -0.05) is 6.92 Å². The highest BCUT2D eigenvalue weighted by atomic mass is 32.2. The lowest BCUT2D eigenvalue weighted by atomic mass is 10.1. The highest BCUT2D eigenvalue weighted by molar-refractivity contribution is 7.92. The van der Waals surface area contributed by atoms with Gasteiger partial charge in [0.1, 0.15) is 5.75 Å². The van der Waals surface area contributed by atoms with Gasteiger partial charge in [0.05, 0.1) is 17.0 Å². The zero-order chi connectivity index (χ0) is 13.9. The van der Waals surface area contributed by atoms with E-state index in [1.807, 2.05) is 0 Å². The van der Waals surface area contributed by atoms with Gasteiger partial charge in [-0.25, -0.2) is 8.42 Å². The van der Waals surface area contributed by atoms with E-state index >= 15 is 0 Å². The molecule has 0 aromatic heterocycles. The Morgan fingerprint density at radius 2 is 2.06 bits per heavy atom. The van der Waals surface area contributed by atoms with Crippen molar-refractivity contribution in [3.8, 4) is 5.75 Å². The Balaban J connectivity index is 3.21. The van der Waals surface area contributed by atoms with Crippen LogP contribution < -0.4 is 10.5 Å². The second-order valence-corrected chi connectivity index (χ2v) is 5.76. The van der Waals surface area contributed by atoms with Crippen molar-refractivity contribution in [3.05, 3.63) is 23.3 Å². The maximum Gasteiger partial charge on any atom is 0.252 e. The van der Waals surface area contributed by atoms with Gasteiger partial charge in [-0.15, -0.1) is 0 Å². The number of hydrogen-bond acceptors (Lipinski definition) is 4. The van der Waals surface area contributed by atoms with Crippen LogP contribution in [0.4, 0.5) is 5.69 Å². The zero-order valence-corrected chi connectivity index (χ0v) is 11.0. The number of phenols is 1. The first kappa shape index (κ1) is 14.3. The molecule has 0 bridgehead atoms. The molecule has 1 aromatic carbocycles. The first-order chi connectivity index (χ1) is 8.28. The molecule has 100 valence electrons. The maximum absolute atomic E-state index is 11.6. The number of carbonyl (C=O) groups excluding carboxylic acids is 1. The monoisotopic (exact) mass is 272 g/mol. The van der Waals surface area contributed by atoms with Crippen molar-refractivity contribution in [1.82, 2.24) is 0 Å². The van der Waals surface area contributed by atoms with Crippen molar-refractivity contribution in [2.45, 2.75) is 20.3 Å². The van der Waals surface area contributed by atoms with Crippen LogP contribution in [0.2, 0.25) is 0 Å². The molecule has 0 heterocycles. The molecule has 1 amide bonds. The Morgan fingerprint density at radius 1 is 1.44 bits per heavy atom. The average Bonchev–Trinajstić information content (AvgIpc) is 2.21. The molecule has 0 unspecified atom stereocenters. The van der Waals surface area contributed by atoms with Crippen LogP contribution in [0.1, 0.15) is 29.3 Å². The Labute approximate surface area is 106 Å². The minimum atomic E-state index is -3.45. The lowest BCUT2D eigenvalue weighted by Crippen LogP contribution is -2.19. The number of primary amides is 1.